The van der Waals surface area contributed by atoms with E-state index >= 15 is 0 Å². The van der Waals surface area contributed by atoms with E-state index < -0.39 is 16.9 Å². The molecule has 3 heterocycles. The third-order valence-electron chi connectivity index (χ3n) is 5.04. The highest BCUT2D eigenvalue weighted by Gasteiger charge is 2.04. The average molecular weight is 518 g/mol. The highest BCUT2D eigenvalue weighted by atomic mass is 16.4. The van der Waals surface area contributed by atoms with Crippen LogP contribution in [-0.2, 0) is 0 Å². The second kappa shape index (κ2) is 10.5. The van der Waals surface area contributed by atoms with Crippen molar-refractivity contribution >= 4 is 32.9 Å². The predicted molar refractivity (Wildman–Crippen MR) is 136 cm³/mol. The molecule has 3 aromatic carbocycles. The normalized spacial score (nSPS) is 10.4. The van der Waals surface area contributed by atoms with Crippen molar-refractivity contribution in [2.75, 3.05) is 0 Å². The van der Waals surface area contributed by atoms with Gasteiger partial charge in [0, 0.05) is 52.6 Å². The molecule has 0 spiro atoms. The monoisotopic (exact) mass is 518 g/mol. The van der Waals surface area contributed by atoms with Crippen LogP contribution < -0.4 is 16.9 Å². The van der Waals surface area contributed by atoms with Gasteiger partial charge in [0.1, 0.15) is 22.5 Å². The van der Waals surface area contributed by atoms with Crippen molar-refractivity contribution in [3.63, 3.8) is 0 Å². The van der Waals surface area contributed by atoms with Gasteiger partial charge in [-0.3, -0.25) is 0 Å². The van der Waals surface area contributed by atoms with E-state index in [2.05, 4.69) is 0 Å². The van der Waals surface area contributed by atoms with E-state index in [-0.39, 0.29) is 39.9 Å². The summed E-state index contributed by atoms with van der Waals surface area (Å²) in [5.41, 5.74) is -0.476. The van der Waals surface area contributed by atoms with Crippen LogP contribution in [0, 0.1) is 0 Å². The molecule has 0 atom stereocenters. The number of rotatable bonds is 0. The minimum Gasteiger partial charge on any atom is -0.508 e. The van der Waals surface area contributed by atoms with E-state index in [9.17, 15) is 14.4 Å². The van der Waals surface area contributed by atoms with Crippen LogP contribution in [0.2, 0.25) is 0 Å². The maximum Gasteiger partial charge on any atom is 0.336 e. The lowest BCUT2D eigenvalue weighted by molar-refractivity contribution is 0.403. The average Bonchev–Trinajstić information content (AvgIpc) is 2.86. The van der Waals surface area contributed by atoms with Gasteiger partial charge in [-0.25, -0.2) is 14.4 Å². The molecule has 5 N–H and O–H groups in total. The van der Waals surface area contributed by atoms with Crippen molar-refractivity contribution in [3.8, 4) is 28.7 Å². The van der Waals surface area contributed by atoms with Crippen molar-refractivity contribution in [3.05, 3.63) is 110 Å². The van der Waals surface area contributed by atoms with Gasteiger partial charge in [0.15, 0.2) is 23.0 Å². The van der Waals surface area contributed by atoms with Crippen LogP contribution in [0.3, 0.4) is 0 Å². The summed E-state index contributed by atoms with van der Waals surface area (Å²) in [5, 5.41) is 47.4. The summed E-state index contributed by atoms with van der Waals surface area (Å²) in [6, 6.07) is 18.2. The zero-order chi connectivity index (χ0) is 27.4. The zero-order valence-corrected chi connectivity index (χ0v) is 19.2. The molecule has 6 aromatic rings. The summed E-state index contributed by atoms with van der Waals surface area (Å²) < 4.78 is 14.4. The Morgan fingerprint density at radius 2 is 0.737 bits per heavy atom. The molecular formula is C27H18O11. The van der Waals surface area contributed by atoms with Crippen molar-refractivity contribution in [2.45, 2.75) is 0 Å². The van der Waals surface area contributed by atoms with E-state index in [4.69, 9.17) is 38.8 Å². The van der Waals surface area contributed by atoms with Gasteiger partial charge < -0.3 is 38.8 Å². The Morgan fingerprint density at radius 1 is 0.395 bits per heavy atom. The Balaban J connectivity index is 0.000000133. The first-order chi connectivity index (χ1) is 18.1. The molecule has 0 aliphatic heterocycles. The SMILES string of the molecule is O=c1ccc2cc(O)c(O)cc2o1.O=c1ccc2cc(O)c(O)cc2o1.O=c1ccc2ccc(O)cc2o1. The number of hydrogen-bond donors (Lipinski definition) is 5. The van der Waals surface area contributed by atoms with E-state index in [1.165, 1.54) is 60.7 Å². The molecule has 0 saturated heterocycles. The second-order valence-corrected chi connectivity index (χ2v) is 7.74. The minimum atomic E-state index is -0.488. The molecule has 38 heavy (non-hydrogen) atoms. The summed E-state index contributed by atoms with van der Waals surface area (Å²) in [6.45, 7) is 0. The Hall–Kier alpha value is -5.71. The summed E-state index contributed by atoms with van der Waals surface area (Å²) in [6.07, 6.45) is 0. The first-order valence-corrected chi connectivity index (χ1v) is 10.7. The van der Waals surface area contributed by atoms with Gasteiger partial charge in [-0.05, 0) is 42.5 Å². The molecule has 6 rings (SSSR count). The lowest BCUT2D eigenvalue weighted by atomic mass is 10.2. The molecule has 0 fully saturated rings. The van der Waals surface area contributed by atoms with Gasteiger partial charge in [0.05, 0.1) is 0 Å². The molecule has 0 radical (unpaired) electrons. The lowest BCUT2D eigenvalue weighted by Crippen LogP contribution is -1.93. The summed E-state index contributed by atoms with van der Waals surface area (Å²) >= 11 is 0. The molecule has 3 aromatic heterocycles. The number of benzene rings is 3. The van der Waals surface area contributed by atoms with Gasteiger partial charge in [-0.2, -0.15) is 0 Å². The Kier molecular flexibility index (Phi) is 7.01. The third kappa shape index (κ3) is 5.91. The molecule has 0 amide bonds. The van der Waals surface area contributed by atoms with Gasteiger partial charge >= 0.3 is 16.9 Å². The van der Waals surface area contributed by atoms with Gasteiger partial charge in [-0.1, -0.05) is 0 Å². The third-order valence-corrected chi connectivity index (χ3v) is 5.04. The van der Waals surface area contributed by atoms with Crippen molar-refractivity contribution < 1.29 is 38.8 Å². The molecule has 11 heteroatoms. The molecule has 0 aliphatic carbocycles. The number of hydrogen-bond acceptors (Lipinski definition) is 11. The topological polar surface area (TPSA) is 192 Å². The molecular weight excluding hydrogens is 500 g/mol. The maximum absolute atomic E-state index is 10.8. The van der Waals surface area contributed by atoms with Crippen molar-refractivity contribution in [1.82, 2.24) is 0 Å². The second-order valence-electron chi connectivity index (χ2n) is 7.74. The highest BCUT2D eigenvalue weighted by Crippen LogP contribution is 2.30. The van der Waals surface area contributed by atoms with E-state index in [0.717, 1.165) is 5.39 Å². The molecule has 0 unspecified atom stereocenters. The zero-order valence-electron chi connectivity index (χ0n) is 19.2. The lowest BCUT2D eigenvalue weighted by Gasteiger charge is -1.98. The number of aromatic hydroxyl groups is 5. The van der Waals surface area contributed by atoms with E-state index in [1.807, 2.05) is 0 Å². The molecule has 0 saturated carbocycles. The molecule has 11 nitrogen and oxygen atoms in total. The minimum absolute atomic E-state index is 0.0943. The Morgan fingerprint density at radius 3 is 1.18 bits per heavy atom. The van der Waals surface area contributed by atoms with Crippen LogP contribution in [0.5, 0.6) is 28.7 Å². The van der Waals surface area contributed by atoms with Crippen LogP contribution in [0.1, 0.15) is 0 Å². The Labute approximate surface area is 210 Å². The van der Waals surface area contributed by atoms with Gasteiger partial charge in [0.25, 0.3) is 0 Å². The number of phenols is 5. The Bertz CT molecular complexity index is 1850. The highest BCUT2D eigenvalue weighted by molar-refractivity contribution is 5.81. The van der Waals surface area contributed by atoms with Crippen LogP contribution in [0.4, 0.5) is 0 Å². The first-order valence-electron chi connectivity index (χ1n) is 10.7. The van der Waals surface area contributed by atoms with Crippen LogP contribution >= 0.6 is 0 Å². The quantitative estimate of drug-likeness (QED) is 0.145. The fraction of sp³-hybridized carbons (Fsp3) is 0. The molecule has 0 aliphatic rings. The molecule has 192 valence electrons. The van der Waals surface area contributed by atoms with Crippen LogP contribution in [0.15, 0.2) is 106 Å². The van der Waals surface area contributed by atoms with E-state index in [0.29, 0.717) is 16.4 Å². The standard InChI is InChI=1S/2C9H6O4.C9H6O3/c2*10-6-3-5-1-2-9(12)13-8(5)4-7(6)11;10-7-3-1-6-2-4-9(11)12-8(6)5-7/h2*1-4,10-11H;1-5,10H. The number of fused-ring (bicyclic) bond motifs is 3. The summed E-state index contributed by atoms with van der Waals surface area (Å²) in [4.78, 5) is 32.3. The predicted octanol–water partition coefficient (Wildman–Crippen LogP) is 3.91. The fourth-order valence-corrected chi connectivity index (χ4v) is 3.23. The summed E-state index contributed by atoms with van der Waals surface area (Å²) in [7, 11) is 0. The van der Waals surface area contributed by atoms with Gasteiger partial charge in [-0.15, -0.1) is 0 Å². The van der Waals surface area contributed by atoms with Gasteiger partial charge in [0.2, 0.25) is 0 Å². The largest absolute Gasteiger partial charge is 0.508 e. The number of phenolic OH excluding ortho intramolecular Hbond substituents is 5. The fourth-order valence-electron chi connectivity index (χ4n) is 3.23. The smallest absolute Gasteiger partial charge is 0.336 e. The van der Waals surface area contributed by atoms with Crippen LogP contribution in [0.25, 0.3) is 32.9 Å². The van der Waals surface area contributed by atoms with Crippen molar-refractivity contribution in [1.29, 1.82) is 0 Å². The van der Waals surface area contributed by atoms with E-state index in [1.54, 1.807) is 18.2 Å². The molecule has 0 bridgehead atoms. The van der Waals surface area contributed by atoms with Crippen molar-refractivity contribution in [2.24, 2.45) is 0 Å². The summed E-state index contributed by atoms with van der Waals surface area (Å²) in [5.74, 6) is -0.983. The maximum atomic E-state index is 10.8. The first kappa shape index (κ1) is 25.4. The van der Waals surface area contributed by atoms with Crippen LogP contribution in [-0.4, -0.2) is 25.5 Å².